The molecular weight excluding hydrogens is 314 g/mol. The minimum Gasteiger partial charge on any atom is -0.317 e. The van der Waals surface area contributed by atoms with E-state index >= 15 is 0 Å². The lowest BCUT2D eigenvalue weighted by molar-refractivity contribution is -0.118. The number of amides is 1. The van der Waals surface area contributed by atoms with Crippen molar-refractivity contribution in [3.05, 3.63) is 38.4 Å². The summed E-state index contributed by atoms with van der Waals surface area (Å²) in [5.74, 6) is -0.0731. The van der Waals surface area contributed by atoms with Crippen LogP contribution in [-0.4, -0.2) is 11.7 Å². The lowest BCUT2D eigenvalue weighted by Gasteiger charge is -2.12. The van der Waals surface area contributed by atoms with E-state index in [4.69, 9.17) is 0 Å². The van der Waals surface area contributed by atoms with E-state index < -0.39 is 0 Å². The average molecular weight is 333 g/mol. The Bertz CT molecular complexity index is 699. The first-order valence-corrected chi connectivity index (χ1v) is 9.31. The summed E-state index contributed by atoms with van der Waals surface area (Å²) < 4.78 is 0. The molecule has 0 aliphatic heterocycles. The Labute approximate surface area is 138 Å². The summed E-state index contributed by atoms with van der Waals surface area (Å²) in [5.41, 5.74) is 1.89. The van der Waals surface area contributed by atoms with E-state index in [1.807, 2.05) is 31.4 Å². The van der Waals surface area contributed by atoms with Gasteiger partial charge in [0.05, 0.1) is 10.4 Å². The molecule has 2 aromatic heterocycles. The second kappa shape index (κ2) is 6.34. The van der Waals surface area contributed by atoms with E-state index in [1.54, 1.807) is 11.3 Å². The van der Waals surface area contributed by atoms with Crippen LogP contribution in [0.3, 0.4) is 0 Å². The number of nitrogens with one attached hydrogen (secondary N) is 1. The Morgan fingerprint density at radius 3 is 2.68 bits per heavy atom. The predicted molar refractivity (Wildman–Crippen MR) is 92.2 cm³/mol. The van der Waals surface area contributed by atoms with Crippen LogP contribution in [0.4, 0.5) is 5.00 Å². The number of carbonyl (C=O) groups is 2. The number of ketones is 1. The lowest BCUT2D eigenvalue weighted by Crippen LogP contribution is -2.19. The van der Waals surface area contributed by atoms with Crippen molar-refractivity contribution in [2.45, 2.75) is 39.5 Å². The zero-order chi connectivity index (χ0) is 15.7. The van der Waals surface area contributed by atoms with Gasteiger partial charge in [0.1, 0.15) is 5.00 Å². The van der Waals surface area contributed by atoms with Crippen LogP contribution in [-0.2, 0) is 17.6 Å². The van der Waals surface area contributed by atoms with Gasteiger partial charge < -0.3 is 5.32 Å². The van der Waals surface area contributed by atoms with Gasteiger partial charge in [0, 0.05) is 10.8 Å². The third kappa shape index (κ3) is 2.88. The van der Waals surface area contributed by atoms with Crippen molar-refractivity contribution in [1.29, 1.82) is 0 Å². The van der Waals surface area contributed by atoms with Crippen molar-refractivity contribution < 1.29 is 9.59 Å². The second-order valence-corrected chi connectivity index (χ2v) is 7.92. The quantitative estimate of drug-likeness (QED) is 0.837. The maximum absolute atomic E-state index is 12.9. The number of carbonyl (C=O) groups excluding carboxylic acids is 2. The summed E-state index contributed by atoms with van der Waals surface area (Å²) in [5, 5.41) is 5.63. The summed E-state index contributed by atoms with van der Waals surface area (Å²) in [6, 6.07) is 3.75. The van der Waals surface area contributed by atoms with E-state index in [-0.39, 0.29) is 17.6 Å². The fourth-order valence-corrected chi connectivity index (χ4v) is 4.64. The molecule has 0 bridgehead atoms. The highest BCUT2D eigenvalue weighted by molar-refractivity contribution is 7.17. The molecule has 22 heavy (non-hydrogen) atoms. The predicted octanol–water partition coefficient (Wildman–Crippen LogP) is 4.51. The molecule has 2 heterocycles. The molecule has 2 aromatic rings. The highest BCUT2D eigenvalue weighted by Crippen LogP contribution is 2.39. The summed E-state index contributed by atoms with van der Waals surface area (Å²) in [6.45, 7) is 3.73. The molecule has 3 nitrogen and oxygen atoms in total. The van der Waals surface area contributed by atoms with Gasteiger partial charge in [0.25, 0.3) is 0 Å². The van der Waals surface area contributed by atoms with Gasteiger partial charge >= 0.3 is 0 Å². The zero-order valence-electron chi connectivity index (χ0n) is 12.8. The van der Waals surface area contributed by atoms with Crippen LogP contribution < -0.4 is 5.32 Å². The molecule has 116 valence electrons. The van der Waals surface area contributed by atoms with Gasteiger partial charge in [-0.05, 0) is 42.7 Å². The van der Waals surface area contributed by atoms with E-state index in [2.05, 4.69) is 5.32 Å². The highest BCUT2D eigenvalue weighted by atomic mass is 32.1. The first-order chi connectivity index (χ1) is 10.6. The molecule has 1 N–H and O–H groups in total. The number of hydrogen-bond acceptors (Lipinski definition) is 4. The Morgan fingerprint density at radius 2 is 2.00 bits per heavy atom. The van der Waals surface area contributed by atoms with Crippen LogP contribution >= 0.6 is 22.7 Å². The third-order valence-electron chi connectivity index (χ3n) is 3.90. The monoisotopic (exact) mass is 333 g/mol. The molecule has 3 rings (SSSR count). The van der Waals surface area contributed by atoms with Crippen molar-refractivity contribution in [2.24, 2.45) is 5.92 Å². The van der Waals surface area contributed by atoms with Crippen LogP contribution in [0.25, 0.3) is 0 Å². The molecule has 0 atom stereocenters. The number of rotatable bonds is 4. The fraction of sp³-hybridized carbons (Fsp3) is 0.412. The van der Waals surface area contributed by atoms with E-state index in [0.717, 1.165) is 46.7 Å². The van der Waals surface area contributed by atoms with E-state index in [0.29, 0.717) is 0 Å². The Balaban J connectivity index is 2.03. The topological polar surface area (TPSA) is 46.2 Å². The third-order valence-corrected chi connectivity index (χ3v) is 5.98. The standard InChI is InChI=1S/C17H19NO2S2/c1-10(2)16(20)18-17-14(15(19)13-8-5-9-21-13)11-6-3-4-7-12(11)22-17/h5,8-10H,3-4,6-7H2,1-2H3,(H,18,20). The van der Waals surface area contributed by atoms with Crippen LogP contribution in [0.2, 0.25) is 0 Å². The highest BCUT2D eigenvalue weighted by Gasteiger charge is 2.27. The van der Waals surface area contributed by atoms with Gasteiger partial charge in [-0.1, -0.05) is 19.9 Å². The maximum atomic E-state index is 12.9. The molecule has 1 aliphatic carbocycles. The van der Waals surface area contributed by atoms with Gasteiger partial charge in [-0.15, -0.1) is 22.7 Å². The minimum atomic E-state index is -0.0937. The molecule has 5 heteroatoms. The number of aryl methyl sites for hydroxylation is 1. The molecular formula is C17H19NO2S2. The molecule has 0 saturated carbocycles. The van der Waals surface area contributed by atoms with Gasteiger partial charge in [-0.25, -0.2) is 0 Å². The molecule has 1 amide bonds. The van der Waals surface area contributed by atoms with Crippen LogP contribution in [0.15, 0.2) is 17.5 Å². The first-order valence-electron chi connectivity index (χ1n) is 7.61. The van der Waals surface area contributed by atoms with E-state index in [9.17, 15) is 9.59 Å². The molecule has 0 saturated heterocycles. The van der Waals surface area contributed by atoms with Crippen molar-refractivity contribution in [3.8, 4) is 0 Å². The average Bonchev–Trinajstić information content (AvgIpc) is 3.13. The summed E-state index contributed by atoms with van der Waals surface area (Å²) in [6.07, 6.45) is 4.24. The van der Waals surface area contributed by atoms with Crippen LogP contribution in [0, 0.1) is 5.92 Å². The first kappa shape index (κ1) is 15.4. The van der Waals surface area contributed by atoms with Crippen LogP contribution in [0.1, 0.15) is 52.4 Å². The molecule has 1 aliphatic rings. The van der Waals surface area contributed by atoms with Crippen molar-refractivity contribution >= 4 is 39.4 Å². The largest absolute Gasteiger partial charge is 0.317 e. The van der Waals surface area contributed by atoms with Gasteiger partial charge in [0.2, 0.25) is 11.7 Å². The van der Waals surface area contributed by atoms with Gasteiger partial charge in [-0.3, -0.25) is 9.59 Å². The molecule has 0 unspecified atom stereocenters. The Kier molecular flexibility index (Phi) is 4.45. The number of thiophene rings is 2. The lowest BCUT2D eigenvalue weighted by atomic mass is 9.93. The van der Waals surface area contributed by atoms with Gasteiger partial charge in [0.15, 0.2) is 0 Å². The molecule has 0 spiro atoms. The summed E-state index contributed by atoms with van der Waals surface area (Å²) in [4.78, 5) is 27.0. The number of fused-ring (bicyclic) bond motifs is 1. The van der Waals surface area contributed by atoms with Crippen molar-refractivity contribution in [3.63, 3.8) is 0 Å². The van der Waals surface area contributed by atoms with Crippen LogP contribution in [0.5, 0.6) is 0 Å². The maximum Gasteiger partial charge on any atom is 0.227 e. The number of anilines is 1. The minimum absolute atomic E-state index is 0.0289. The Hall–Kier alpha value is -1.46. The number of hydrogen-bond donors (Lipinski definition) is 1. The normalized spacial score (nSPS) is 14.0. The SMILES string of the molecule is CC(C)C(=O)Nc1sc2c(c1C(=O)c1cccs1)CCCC2. The van der Waals surface area contributed by atoms with E-state index in [1.165, 1.54) is 16.2 Å². The fourth-order valence-electron chi connectivity index (χ4n) is 2.68. The van der Waals surface area contributed by atoms with Gasteiger partial charge in [-0.2, -0.15) is 0 Å². The molecule has 0 radical (unpaired) electrons. The molecule has 0 fully saturated rings. The second-order valence-electron chi connectivity index (χ2n) is 5.87. The summed E-state index contributed by atoms with van der Waals surface area (Å²) in [7, 11) is 0. The summed E-state index contributed by atoms with van der Waals surface area (Å²) >= 11 is 3.04. The van der Waals surface area contributed by atoms with Crippen molar-refractivity contribution in [2.75, 3.05) is 5.32 Å². The zero-order valence-corrected chi connectivity index (χ0v) is 14.4. The molecule has 0 aromatic carbocycles. The Morgan fingerprint density at radius 1 is 1.23 bits per heavy atom. The van der Waals surface area contributed by atoms with Crippen molar-refractivity contribution in [1.82, 2.24) is 0 Å². The smallest absolute Gasteiger partial charge is 0.227 e.